The average molecular weight is 371 g/mol. The molecule has 0 spiro atoms. The van der Waals surface area contributed by atoms with E-state index < -0.39 is 11.8 Å². The molecule has 0 aliphatic heterocycles. The molecular weight excluding hydrogens is 346 g/mol. The lowest BCUT2D eigenvalue weighted by Crippen LogP contribution is -2.55. The lowest BCUT2D eigenvalue weighted by atomic mass is 9.49. The van der Waals surface area contributed by atoms with Crippen molar-refractivity contribution >= 4 is 17.7 Å². The normalized spacial score (nSPS) is 30.6. The van der Waals surface area contributed by atoms with Crippen LogP contribution in [0.3, 0.4) is 0 Å². The molecule has 1 aromatic carbocycles. The molecule has 0 aromatic heterocycles. The van der Waals surface area contributed by atoms with Crippen molar-refractivity contribution in [2.45, 2.75) is 38.5 Å². The van der Waals surface area contributed by atoms with Gasteiger partial charge in [0.1, 0.15) is 5.75 Å². The Balaban J connectivity index is 1.27. The van der Waals surface area contributed by atoms with Crippen molar-refractivity contribution in [2.75, 3.05) is 6.54 Å². The lowest BCUT2D eigenvalue weighted by molar-refractivity contribution is -0.147. The number of para-hydroxylation sites is 1. The predicted molar refractivity (Wildman–Crippen MR) is 97.3 cm³/mol. The zero-order valence-corrected chi connectivity index (χ0v) is 15.2. The van der Waals surface area contributed by atoms with Gasteiger partial charge in [0.25, 0.3) is 11.8 Å². The fourth-order valence-electron chi connectivity index (χ4n) is 5.64. The molecule has 27 heavy (non-hydrogen) atoms. The van der Waals surface area contributed by atoms with Gasteiger partial charge in [-0.15, -0.1) is 0 Å². The zero-order valence-electron chi connectivity index (χ0n) is 15.2. The third kappa shape index (κ3) is 3.50. The van der Waals surface area contributed by atoms with Crippen LogP contribution in [0, 0.1) is 23.2 Å². The first-order chi connectivity index (χ1) is 12.9. The summed E-state index contributed by atoms with van der Waals surface area (Å²) in [7, 11) is 0. The number of benzene rings is 1. The summed E-state index contributed by atoms with van der Waals surface area (Å²) in [6.45, 7) is -0.179. The molecule has 4 saturated carbocycles. The Morgan fingerprint density at radius 1 is 0.963 bits per heavy atom. The van der Waals surface area contributed by atoms with E-state index in [1.807, 2.05) is 0 Å². The number of hydrogen-bond acceptors (Lipinski definition) is 4. The highest BCUT2D eigenvalue weighted by Crippen LogP contribution is 2.60. The van der Waals surface area contributed by atoms with Crippen molar-refractivity contribution in [3.05, 3.63) is 29.8 Å². The van der Waals surface area contributed by atoms with E-state index in [0.29, 0.717) is 17.8 Å². The van der Waals surface area contributed by atoms with Gasteiger partial charge in [-0.05, 0) is 68.4 Å². The number of hydrazine groups is 1. The van der Waals surface area contributed by atoms with Crippen molar-refractivity contribution < 1.29 is 19.5 Å². The smallest absolute Gasteiger partial charge is 0.273 e. The van der Waals surface area contributed by atoms with Crippen molar-refractivity contribution in [3.8, 4) is 5.75 Å². The first-order valence-electron chi connectivity index (χ1n) is 9.61. The SMILES string of the molecule is O=C(CNC(=O)C12CC3CC(CC(C3)C1)C2)NNC(=O)c1ccccc1O. The minimum Gasteiger partial charge on any atom is -0.507 e. The maximum Gasteiger partial charge on any atom is 0.273 e. The van der Waals surface area contributed by atoms with Gasteiger partial charge in [0.2, 0.25) is 5.91 Å². The van der Waals surface area contributed by atoms with Crippen LogP contribution >= 0.6 is 0 Å². The van der Waals surface area contributed by atoms with E-state index in [1.165, 1.54) is 31.4 Å². The fraction of sp³-hybridized carbons (Fsp3) is 0.550. The second-order valence-corrected chi connectivity index (χ2v) is 8.40. The molecule has 0 heterocycles. The van der Waals surface area contributed by atoms with Crippen LogP contribution in [0.4, 0.5) is 0 Å². The van der Waals surface area contributed by atoms with Crippen molar-refractivity contribution in [1.29, 1.82) is 0 Å². The largest absolute Gasteiger partial charge is 0.507 e. The second kappa shape index (κ2) is 6.87. The van der Waals surface area contributed by atoms with Gasteiger partial charge in [-0.3, -0.25) is 25.2 Å². The molecule has 4 aliphatic carbocycles. The summed E-state index contributed by atoms with van der Waals surface area (Å²) in [6, 6.07) is 6.06. The van der Waals surface area contributed by atoms with Gasteiger partial charge in [0.15, 0.2) is 0 Å². The molecule has 0 unspecified atom stereocenters. The lowest BCUT2D eigenvalue weighted by Gasteiger charge is -2.55. The maximum atomic E-state index is 12.8. The van der Waals surface area contributed by atoms with Crippen molar-refractivity contribution in [1.82, 2.24) is 16.2 Å². The Morgan fingerprint density at radius 3 is 2.15 bits per heavy atom. The van der Waals surface area contributed by atoms with E-state index in [9.17, 15) is 19.5 Å². The van der Waals surface area contributed by atoms with Crippen molar-refractivity contribution in [2.24, 2.45) is 23.2 Å². The number of aromatic hydroxyl groups is 1. The number of carbonyl (C=O) groups excluding carboxylic acids is 3. The molecule has 5 rings (SSSR count). The maximum absolute atomic E-state index is 12.8. The monoisotopic (exact) mass is 371 g/mol. The average Bonchev–Trinajstić information content (AvgIpc) is 2.63. The molecule has 4 N–H and O–H groups in total. The highest BCUT2D eigenvalue weighted by molar-refractivity contribution is 5.98. The Labute approximate surface area is 157 Å². The molecule has 0 radical (unpaired) electrons. The summed E-state index contributed by atoms with van der Waals surface area (Å²) < 4.78 is 0. The van der Waals surface area contributed by atoms with Crippen LogP contribution in [0.1, 0.15) is 48.9 Å². The van der Waals surface area contributed by atoms with E-state index in [2.05, 4.69) is 16.2 Å². The topological polar surface area (TPSA) is 108 Å². The molecule has 4 aliphatic rings. The van der Waals surface area contributed by atoms with Gasteiger partial charge in [-0.25, -0.2) is 0 Å². The third-order valence-electron chi connectivity index (χ3n) is 6.39. The fourth-order valence-corrected chi connectivity index (χ4v) is 5.64. The Hall–Kier alpha value is -2.57. The van der Waals surface area contributed by atoms with Crippen molar-refractivity contribution in [3.63, 3.8) is 0 Å². The van der Waals surface area contributed by atoms with E-state index in [1.54, 1.807) is 12.1 Å². The molecule has 7 nitrogen and oxygen atoms in total. The van der Waals surface area contributed by atoms with Crippen LogP contribution in [0.5, 0.6) is 5.75 Å². The second-order valence-electron chi connectivity index (χ2n) is 8.40. The molecule has 0 saturated heterocycles. The number of hydrogen-bond donors (Lipinski definition) is 4. The summed E-state index contributed by atoms with van der Waals surface area (Å²) >= 11 is 0. The third-order valence-corrected chi connectivity index (χ3v) is 6.39. The number of nitrogens with one attached hydrogen (secondary N) is 3. The number of phenols is 1. The van der Waals surface area contributed by atoms with Crippen LogP contribution in [0.15, 0.2) is 24.3 Å². The summed E-state index contributed by atoms with van der Waals surface area (Å²) in [6.07, 6.45) is 6.59. The molecule has 4 fully saturated rings. The molecular formula is C20H25N3O4. The van der Waals surface area contributed by atoms with Crippen LogP contribution in [0.2, 0.25) is 0 Å². The Kier molecular flexibility index (Phi) is 4.53. The first-order valence-corrected chi connectivity index (χ1v) is 9.61. The standard InChI is InChI=1S/C20H25N3O4/c24-16-4-2-1-3-15(16)18(26)23-22-17(25)11-21-19(27)20-8-12-5-13(9-20)7-14(6-12)10-20/h1-4,12-14,24H,5-11H2,(H,21,27)(H,22,25)(H,23,26). The first kappa shape index (κ1) is 17.8. The van der Waals surface area contributed by atoms with E-state index >= 15 is 0 Å². The summed E-state index contributed by atoms with van der Waals surface area (Å²) in [5.41, 5.74) is 4.29. The highest BCUT2D eigenvalue weighted by atomic mass is 16.3. The summed E-state index contributed by atoms with van der Waals surface area (Å²) in [5.74, 6) is 0.671. The number of rotatable bonds is 4. The van der Waals surface area contributed by atoms with Crippen LogP contribution in [-0.4, -0.2) is 29.4 Å². The van der Waals surface area contributed by atoms with Gasteiger partial charge in [-0.1, -0.05) is 12.1 Å². The molecule has 0 atom stereocenters. The van der Waals surface area contributed by atoms with Crippen LogP contribution in [-0.2, 0) is 9.59 Å². The van der Waals surface area contributed by atoms with Gasteiger partial charge in [-0.2, -0.15) is 0 Å². The quantitative estimate of drug-likeness (QED) is 0.601. The van der Waals surface area contributed by atoms with Crippen LogP contribution < -0.4 is 16.2 Å². The number of amides is 3. The number of carbonyl (C=O) groups is 3. The van der Waals surface area contributed by atoms with E-state index in [-0.39, 0.29) is 29.2 Å². The van der Waals surface area contributed by atoms with Gasteiger partial charge >= 0.3 is 0 Å². The minimum atomic E-state index is -0.617. The number of phenolic OH excluding ortho intramolecular Hbond substituents is 1. The summed E-state index contributed by atoms with van der Waals surface area (Å²) in [4.78, 5) is 36.8. The van der Waals surface area contributed by atoms with E-state index in [4.69, 9.17) is 0 Å². The zero-order chi connectivity index (χ0) is 19.0. The molecule has 7 heteroatoms. The summed E-state index contributed by atoms with van der Waals surface area (Å²) in [5, 5.41) is 12.4. The Morgan fingerprint density at radius 2 is 1.56 bits per heavy atom. The molecule has 144 valence electrons. The van der Waals surface area contributed by atoms with Crippen LogP contribution in [0.25, 0.3) is 0 Å². The van der Waals surface area contributed by atoms with Gasteiger partial charge < -0.3 is 10.4 Å². The van der Waals surface area contributed by atoms with Gasteiger partial charge in [0.05, 0.1) is 12.1 Å². The molecule has 1 aromatic rings. The Bertz CT molecular complexity index is 741. The minimum absolute atomic E-state index is 0.0243. The predicted octanol–water partition coefficient (Wildman–Crippen LogP) is 1.49. The molecule has 4 bridgehead atoms. The van der Waals surface area contributed by atoms with Gasteiger partial charge in [0, 0.05) is 5.41 Å². The highest BCUT2D eigenvalue weighted by Gasteiger charge is 2.54. The molecule has 3 amide bonds. The van der Waals surface area contributed by atoms with E-state index in [0.717, 1.165) is 19.3 Å².